The zero-order chi connectivity index (χ0) is 16.8. The number of rotatable bonds is 5. The van der Waals surface area contributed by atoms with Crippen LogP contribution in [0.3, 0.4) is 0 Å². The highest BCUT2D eigenvalue weighted by molar-refractivity contribution is 7.99. The molecule has 0 spiro atoms. The van der Waals surface area contributed by atoms with Gasteiger partial charge in [-0.05, 0) is 36.4 Å². The van der Waals surface area contributed by atoms with Crippen molar-refractivity contribution >= 4 is 35.8 Å². The number of halogens is 2. The van der Waals surface area contributed by atoms with E-state index in [0.717, 1.165) is 23.7 Å². The summed E-state index contributed by atoms with van der Waals surface area (Å²) in [5.41, 5.74) is 0.718. The summed E-state index contributed by atoms with van der Waals surface area (Å²) < 4.78 is 18.7. The van der Waals surface area contributed by atoms with Gasteiger partial charge < -0.3 is 15.4 Å². The lowest BCUT2D eigenvalue weighted by Crippen LogP contribution is -2.39. The van der Waals surface area contributed by atoms with Crippen LogP contribution in [0.5, 0.6) is 11.5 Å². The predicted molar refractivity (Wildman–Crippen MR) is 103 cm³/mol. The number of amides is 1. The van der Waals surface area contributed by atoms with Crippen LogP contribution in [0, 0.1) is 5.82 Å². The first-order chi connectivity index (χ1) is 11.7. The van der Waals surface area contributed by atoms with E-state index >= 15 is 0 Å². The molecule has 2 aromatic rings. The lowest BCUT2D eigenvalue weighted by atomic mass is 10.2. The van der Waals surface area contributed by atoms with Gasteiger partial charge in [-0.1, -0.05) is 6.07 Å². The zero-order valence-corrected chi connectivity index (χ0v) is 15.2. The van der Waals surface area contributed by atoms with Gasteiger partial charge in [0.05, 0.1) is 0 Å². The monoisotopic (exact) mass is 382 g/mol. The molecule has 0 saturated carbocycles. The number of ether oxygens (including phenoxy) is 1. The number of carbonyl (C=O) groups is 1. The van der Waals surface area contributed by atoms with E-state index in [-0.39, 0.29) is 30.2 Å². The lowest BCUT2D eigenvalue weighted by molar-refractivity contribution is -0.116. The minimum absolute atomic E-state index is 0. The number of hydrogen-bond acceptors (Lipinski definition) is 4. The van der Waals surface area contributed by atoms with Crippen LogP contribution in [0.4, 0.5) is 10.1 Å². The Labute approximate surface area is 156 Å². The van der Waals surface area contributed by atoms with E-state index in [9.17, 15) is 9.18 Å². The van der Waals surface area contributed by atoms with Crippen molar-refractivity contribution in [2.75, 3.05) is 23.4 Å². The molecule has 1 heterocycles. The molecule has 25 heavy (non-hydrogen) atoms. The Morgan fingerprint density at radius 2 is 2.04 bits per heavy atom. The molecule has 1 aliphatic heterocycles. The average Bonchev–Trinajstić information content (AvgIpc) is 2.57. The Bertz CT molecular complexity index is 694. The van der Waals surface area contributed by atoms with E-state index in [1.807, 2.05) is 11.8 Å². The molecule has 7 heteroatoms. The van der Waals surface area contributed by atoms with Gasteiger partial charge >= 0.3 is 0 Å². The Balaban J connectivity index is 0.00000225. The Morgan fingerprint density at radius 1 is 1.24 bits per heavy atom. The van der Waals surface area contributed by atoms with Crippen LogP contribution in [0.1, 0.15) is 6.42 Å². The van der Waals surface area contributed by atoms with Crippen LogP contribution in [0.25, 0.3) is 0 Å². The smallest absolute Gasteiger partial charge is 0.225 e. The van der Waals surface area contributed by atoms with Crippen LogP contribution in [-0.2, 0) is 4.79 Å². The molecule has 1 atom stereocenters. The van der Waals surface area contributed by atoms with Gasteiger partial charge in [-0.2, -0.15) is 11.8 Å². The van der Waals surface area contributed by atoms with E-state index < -0.39 is 0 Å². The first-order valence-electron chi connectivity index (χ1n) is 7.83. The normalized spacial score (nSPS) is 16.6. The summed E-state index contributed by atoms with van der Waals surface area (Å²) in [7, 11) is 0. The molecule has 4 nitrogen and oxygen atoms in total. The third-order valence-corrected chi connectivity index (χ3v) is 4.73. The van der Waals surface area contributed by atoms with Gasteiger partial charge in [0, 0.05) is 42.3 Å². The second-order valence-electron chi connectivity index (χ2n) is 5.56. The standard InChI is InChI=1S/C18H19FN2O2S.ClH/c19-13-2-1-3-17(10-13)23-16-6-4-14(5-7-16)21-18(22)11-15-12-24-9-8-20-15;/h1-7,10,15,20H,8-9,11-12H2,(H,21,22);1H. The molecule has 1 aliphatic rings. The van der Waals surface area contributed by atoms with E-state index in [1.165, 1.54) is 12.1 Å². The van der Waals surface area contributed by atoms with E-state index in [0.29, 0.717) is 17.9 Å². The molecule has 2 N–H and O–H groups in total. The maximum Gasteiger partial charge on any atom is 0.225 e. The van der Waals surface area contributed by atoms with Crippen molar-refractivity contribution < 1.29 is 13.9 Å². The summed E-state index contributed by atoms with van der Waals surface area (Å²) in [5.74, 6) is 2.75. The highest BCUT2D eigenvalue weighted by Gasteiger charge is 2.16. The summed E-state index contributed by atoms with van der Waals surface area (Å²) in [5, 5.41) is 6.23. The van der Waals surface area contributed by atoms with Crippen molar-refractivity contribution in [2.24, 2.45) is 0 Å². The number of carbonyl (C=O) groups excluding carboxylic acids is 1. The van der Waals surface area contributed by atoms with Gasteiger partial charge in [-0.15, -0.1) is 12.4 Å². The molecule has 3 rings (SSSR count). The molecule has 1 saturated heterocycles. The predicted octanol–water partition coefficient (Wildman–Crippen LogP) is 4.07. The lowest BCUT2D eigenvalue weighted by Gasteiger charge is -2.22. The van der Waals surface area contributed by atoms with E-state index in [4.69, 9.17) is 4.74 Å². The fraction of sp³-hybridized carbons (Fsp3) is 0.278. The average molecular weight is 383 g/mol. The molecule has 0 bridgehead atoms. The van der Waals surface area contributed by atoms with Crippen molar-refractivity contribution in [1.29, 1.82) is 0 Å². The van der Waals surface area contributed by atoms with Crippen molar-refractivity contribution in [3.8, 4) is 11.5 Å². The second-order valence-corrected chi connectivity index (χ2v) is 6.71. The molecule has 0 radical (unpaired) electrons. The number of hydrogen-bond donors (Lipinski definition) is 2. The fourth-order valence-electron chi connectivity index (χ4n) is 2.46. The summed E-state index contributed by atoms with van der Waals surface area (Å²) in [4.78, 5) is 12.1. The number of thioether (sulfide) groups is 1. The van der Waals surface area contributed by atoms with Crippen molar-refractivity contribution in [3.05, 3.63) is 54.3 Å². The molecule has 1 amide bonds. The van der Waals surface area contributed by atoms with Gasteiger partial charge in [0.2, 0.25) is 5.91 Å². The maximum absolute atomic E-state index is 13.1. The van der Waals surface area contributed by atoms with Crippen LogP contribution < -0.4 is 15.4 Å². The summed E-state index contributed by atoms with van der Waals surface area (Å²) in [6.07, 6.45) is 0.467. The second kappa shape index (κ2) is 9.65. The number of nitrogens with one attached hydrogen (secondary N) is 2. The zero-order valence-electron chi connectivity index (χ0n) is 13.5. The van der Waals surface area contributed by atoms with E-state index in [1.54, 1.807) is 36.4 Å². The van der Waals surface area contributed by atoms with Crippen molar-refractivity contribution in [2.45, 2.75) is 12.5 Å². The molecule has 0 aromatic heterocycles. The Hall–Kier alpha value is -1.76. The molecule has 0 aliphatic carbocycles. The largest absolute Gasteiger partial charge is 0.457 e. The molecule has 2 aromatic carbocycles. The minimum Gasteiger partial charge on any atom is -0.457 e. The summed E-state index contributed by atoms with van der Waals surface area (Å²) in [6, 6.07) is 13.2. The first-order valence-corrected chi connectivity index (χ1v) is 8.99. The minimum atomic E-state index is -0.342. The highest BCUT2D eigenvalue weighted by atomic mass is 35.5. The SMILES string of the molecule is Cl.O=C(CC1CSCCN1)Nc1ccc(Oc2cccc(F)c2)cc1. The van der Waals surface area contributed by atoms with Gasteiger partial charge in [0.25, 0.3) is 0 Å². The van der Waals surface area contributed by atoms with Crippen molar-refractivity contribution in [1.82, 2.24) is 5.32 Å². The van der Waals surface area contributed by atoms with Gasteiger partial charge in [0.15, 0.2) is 0 Å². The Kier molecular flexibility index (Phi) is 7.55. The topological polar surface area (TPSA) is 50.4 Å². The van der Waals surface area contributed by atoms with E-state index in [2.05, 4.69) is 10.6 Å². The molecule has 1 fully saturated rings. The molecular weight excluding hydrogens is 363 g/mol. The summed E-state index contributed by atoms with van der Waals surface area (Å²) >= 11 is 1.87. The van der Waals surface area contributed by atoms with Gasteiger partial charge in [0.1, 0.15) is 17.3 Å². The quantitative estimate of drug-likeness (QED) is 0.818. The van der Waals surface area contributed by atoms with Crippen molar-refractivity contribution in [3.63, 3.8) is 0 Å². The summed E-state index contributed by atoms with van der Waals surface area (Å²) in [6.45, 7) is 0.953. The number of benzene rings is 2. The van der Waals surface area contributed by atoms with Crippen LogP contribution in [0.15, 0.2) is 48.5 Å². The van der Waals surface area contributed by atoms with Crippen LogP contribution in [-0.4, -0.2) is 30.0 Å². The Morgan fingerprint density at radius 3 is 2.72 bits per heavy atom. The molecule has 1 unspecified atom stereocenters. The number of anilines is 1. The van der Waals surface area contributed by atoms with Crippen LogP contribution >= 0.6 is 24.2 Å². The molecular formula is C18H20ClFN2O2S. The molecule has 134 valence electrons. The third kappa shape index (κ3) is 6.23. The van der Waals surface area contributed by atoms with Crippen LogP contribution in [0.2, 0.25) is 0 Å². The maximum atomic E-state index is 13.1. The van der Waals surface area contributed by atoms with Gasteiger partial charge in [-0.25, -0.2) is 4.39 Å². The first kappa shape index (κ1) is 19.6. The van der Waals surface area contributed by atoms with Gasteiger partial charge in [-0.3, -0.25) is 4.79 Å². The third-order valence-electron chi connectivity index (χ3n) is 3.60. The fourth-order valence-corrected chi connectivity index (χ4v) is 3.41. The highest BCUT2D eigenvalue weighted by Crippen LogP contribution is 2.23.